The van der Waals surface area contributed by atoms with Crippen molar-refractivity contribution in [2.75, 3.05) is 25.9 Å². The predicted molar refractivity (Wildman–Crippen MR) is 103 cm³/mol. The van der Waals surface area contributed by atoms with Crippen molar-refractivity contribution in [3.8, 4) is 0 Å². The van der Waals surface area contributed by atoms with Gasteiger partial charge >= 0.3 is 0 Å². The second-order valence-electron chi connectivity index (χ2n) is 7.83. The van der Waals surface area contributed by atoms with E-state index < -0.39 is 9.84 Å². The Morgan fingerprint density at radius 3 is 2.59 bits per heavy atom. The molecule has 0 aliphatic carbocycles. The number of benzene rings is 1. The summed E-state index contributed by atoms with van der Waals surface area (Å²) in [6.07, 6.45) is 3.33. The number of hydrogen-bond donors (Lipinski definition) is 0. The molecule has 0 amide bonds. The standard InChI is InChI=1S/C20H27N3O3S/c1-3-17-10-18(26-21-17)14-22-9-8-20-16(12-22)13-23(20)11-15-4-6-19(7-5-15)27(2,24)25/h4-7,10,16,20H,3,8-9,11-14H2,1-2H3/t16-,20-/m0/s1. The smallest absolute Gasteiger partial charge is 0.175 e. The molecule has 0 saturated carbocycles. The number of nitrogens with zero attached hydrogens (tertiary/aromatic N) is 3. The minimum Gasteiger partial charge on any atom is -0.360 e. The summed E-state index contributed by atoms with van der Waals surface area (Å²) in [4.78, 5) is 5.38. The van der Waals surface area contributed by atoms with Crippen LogP contribution in [0.3, 0.4) is 0 Å². The molecule has 0 radical (unpaired) electrons. The first kappa shape index (κ1) is 18.7. The lowest BCUT2D eigenvalue weighted by atomic mass is 9.82. The number of hydrogen-bond acceptors (Lipinski definition) is 6. The van der Waals surface area contributed by atoms with E-state index in [0.717, 1.165) is 50.6 Å². The molecule has 2 aliphatic heterocycles. The van der Waals surface area contributed by atoms with E-state index in [1.165, 1.54) is 18.2 Å². The molecule has 0 N–H and O–H groups in total. The van der Waals surface area contributed by atoms with Crippen LogP contribution in [0.5, 0.6) is 0 Å². The van der Waals surface area contributed by atoms with Crippen LogP contribution in [0, 0.1) is 5.92 Å². The van der Waals surface area contributed by atoms with E-state index in [2.05, 4.69) is 27.9 Å². The summed E-state index contributed by atoms with van der Waals surface area (Å²) in [5.41, 5.74) is 2.20. The molecular weight excluding hydrogens is 362 g/mol. The molecule has 0 bridgehead atoms. The van der Waals surface area contributed by atoms with Crippen molar-refractivity contribution in [2.45, 2.75) is 43.8 Å². The Bertz CT molecular complexity index is 891. The molecule has 1 aromatic heterocycles. The summed E-state index contributed by atoms with van der Waals surface area (Å²) in [5, 5.41) is 4.08. The molecule has 2 fully saturated rings. The minimum atomic E-state index is -3.12. The van der Waals surface area contributed by atoms with Gasteiger partial charge in [-0.05, 0) is 36.5 Å². The number of likely N-dealkylation sites (tertiary alicyclic amines) is 2. The number of sulfone groups is 1. The SMILES string of the molecule is CCc1cc(CN2CC[C@H]3[C@@H](C2)CN3Cc2ccc(S(C)(=O)=O)cc2)on1. The largest absolute Gasteiger partial charge is 0.360 e. The fourth-order valence-electron chi connectivity index (χ4n) is 4.27. The Labute approximate surface area is 161 Å². The average molecular weight is 390 g/mol. The molecule has 0 spiro atoms. The van der Waals surface area contributed by atoms with Gasteiger partial charge in [0.05, 0.1) is 17.1 Å². The summed E-state index contributed by atoms with van der Waals surface area (Å²) in [6, 6.07) is 10.0. The van der Waals surface area contributed by atoms with E-state index in [0.29, 0.717) is 16.9 Å². The van der Waals surface area contributed by atoms with Gasteiger partial charge in [0.2, 0.25) is 0 Å². The van der Waals surface area contributed by atoms with Gasteiger partial charge in [-0.3, -0.25) is 9.80 Å². The summed E-state index contributed by atoms with van der Waals surface area (Å²) >= 11 is 0. The number of aryl methyl sites for hydroxylation is 1. The lowest BCUT2D eigenvalue weighted by Crippen LogP contribution is -2.62. The van der Waals surface area contributed by atoms with Crippen molar-refractivity contribution in [1.29, 1.82) is 0 Å². The van der Waals surface area contributed by atoms with Gasteiger partial charge in [0.25, 0.3) is 0 Å². The number of aromatic nitrogens is 1. The van der Waals surface area contributed by atoms with Gasteiger partial charge in [-0.2, -0.15) is 0 Å². The number of fused-ring (bicyclic) bond motifs is 1. The maximum Gasteiger partial charge on any atom is 0.175 e. The molecule has 27 heavy (non-hydrogen) atoms. The molecule has 4 rings (SSSR count). The molecular formula is C20H27N3O3S. The number of piperidine rings is 1. The second-order valence-corrected chi connectivity index (χ2v) is 9.85. The Morgan fingerprint density at radius 2 is 1.96 bits per heavy atom. The van der Waals surface area contributed by atoms with Gasteiger partial charge in [-0.25, -0.2) is 8.42 Å². The molecule has 1 aromatic carbocycles. The van der Waals surface area contributed by atoms with E-state index in [4.69, 9.17) is 4.52 Å². The van der Waals surface area contributed by atoms with Crippen molar-refractivity contribution >= 4 is 9.84 Å². The van der Waals surface area contributed by atoms with Crippen molar-refractivity contribution in [2.24, 2.45) is 5.92 Å². The molecule has 7 heteroatoms. The lowest BCUT2D eigenvalue weighted by Gasteiger charge is -2.53. The summed E-state index contributed by atoms with van der Waals surface area (Å²) < 4.78 is 28.6. The Morgan fingerprint density at radius 1 is 1.19 bits per heavy atom. The second kappa shape index (κ2) is 7.37. The molecule has 6 nitrogen and oxygen atoms in total. The third-order valence-electron chi connectivity index (χ3n) is 5.80. The quantitative estimate of drug-likeness (QED) is 0.756. The van der Waals surface area contributed by atoms with Crippen LogP contribution in [0.4, 0.5) is 0 Å². The lowest BCUT2D eigenvalue weighted by molar-refractivity contribution is -0.0520. The van der Waals surface area contributed by atoms with E-state index in [1.807, 2.05) is 12.1 Å². The highest BCUT2D eigenvalue weighted by molar-refractivity contribution is 7.90. The van der Waals surface area contributed by atoms with E-state index in [1.54, 1.807) is 12.1 Å². The fourth-order valence-corrected chi connectivity index (χ4v) is 4.90. The van der Waals surface area contributed by atoms with Crippen molar-refractivity contribution in [1.82, 2.24) is 15.0 Å². The zero-order valence-corrected chi connectivity index (χ0v) is 16.8. The highest BCUT2D eigenvalue weighted by atomic mass is 32.2. The van der Waals surface area contributed by atoms with Gasteiger partial charge in [-0.1, -0.05) is 24.2 Å². The fraction of sp³-hybridized carbons (Fsp3) is 0.550. The van der Waals surface area contributed by atoms with Crippen LogP contribution in [0.15, 0.2) is 39.8 Å². The highest BCUT2D eigenvalue weighted by Gasteiger charge is 2.42. The average Bonchev–Trinajstić information content (AvgIpc) is 3.07. The topological polar surface area (TPSA) is 66.7 Å². The molecule has 0 unspecified atom stereocenters. The zero-order valence-electron chi connectivity index (χ0n) is 16.0. The summed E-state index contributed by atoms with van der Waals surface area (Å²) in [7, 11) is -3.12. The van der Waals surface area contributed by atoms with Gasteiger partial charge in [0.1, 0.15) is 0 Å². The molecule has 146 valence electrons. The van der Waals surface area contributed by atoms with Crippen LogP contribution in [0.1, 0.15) is 30.4 Å². The predicted octanol–water partition coefficient (Wildman–Crippen LogP) is 2.35. The monoisotopic (exact) mass is 389 g/mol. The molecule has 2 aliphatic rings. The number of rotatable bonds is 6. The normalized spacial score (nSPS) is 23.8. The minimum absolute atomic E-state index is 0.389. The molecule has 2 aromatic rings. The van der Waals surface area contributed by atoms with E-state index >= 15 is 0 Å². The van der Waals surface area contributed by atoms with Gasteiger partial charge in [0, 0.05) is 44.5 Å². The van der Waals surface area contributed by atoms with Crippen LogP contribution >= 0.6 is 0 Å². The molecule has 2 saturated heterocycles. The Balaban J connectivity index is 1.29. The third-order valence-corrected chi connectivity index (χ3v) is 6.93. The summed E-state index contributed by atoms with van der Waals surface area (Å²) in [5.74, 6) is 1.68. The first-order valence-corrected chi connectivity index (χ1v) is 11.5. The molecule has 2 atom stereocenters. The van der Waals surface area contributed by atoms with Crippen LogP contribution in [0.2, 0.25) is 0 Å². The van der Waals surface area contributed by atoms with Gasteiger partial charge in [-0.15, -0.1) is 0 Å². The van der Waals surface area contributed by atoms with Crippen LogP contribution in [-0.2, 0) is 29.3 Å². The molecule has 3 heterocycles. The highest BCUT2D eigenvalue weighted by Crippen LogP contribution is 2.34. The zero-order chi connectivity index (χ0) is 19.0. The summed E-state index contributed by atoms with van der Waals surface area (Å²) in [6.45, 7) is 7.12. The maximum absolute atomic E-state index is 11.6. The van der Waals surface area contributed by atoms with Crippen LogP contribution in [-0.4, -0.2) is 55.3 Å². The van der Waals surface area contributed by atoms with Gasteiger partial charge in [0.15, 0.2) is 15.6 Å². The van der Waals surface area contributed by atoms with Crippen LogP contribution in [0.25, 0.3) is 0 Å². The maximum atomic E-state index is 11.6. The first-order valence-electron chi connectivity index (χ1n) is 9.62. The van der Waals surface area contributed by atoms with E-state index in [9.17, 15) is 8.42 Å². The first-order chi connectivity index (χ1) is 12.9. The Kier molecular flexibility index (Phi) is 5.09. The van der Waals surface area contributed by atoms with Crippen molar-refractivity contribution < 1.29 is 12.9 Å². The third kappa shape index (κ3) is 4.10. The van der Waals surface area contributed by atoms with Crippen LogP contribution < -0.4 is 0 Å². The van der Waals surface area contributed by atoms with Crippen molar-refractivity contribution in [3.63, 3.8) is 0 Å². The van der Waals surface area contributed by atoms with Gasteiger partial charge < -0.3 is 4.52 Å². The van der Waals surface area contributed by atoms with Crippen molar-refractivity contribution in [3.05, 3.63) is 47.3 Å². The Hall–Kier alpha value is -1.70. The van der Waals surface area contributed by atoms with E-state index in [-0.39, 0.29) is 0 Å².